The van der Waals surface area contributed by atoms with Crippen molar-refractivity contribution < 1.29 is 9.18 Å². The smallest absolute Gasteiger partial charge is 0.210 e. The number of thioether (sulfide) groups is 1. The Morgan fingerprint density at radius 2 is 2.17 bits per heavy atom. The van der Waals surface area contributed by atoms with Crippen molar-refractivity contribution in [2.75, 3.05) is 11.6 Å². The maximum absolute atomic E-state index is 13.3. The van der Waals surface area contributed by atoms with Gasteiger partial charge in [0, 0.05) is 17.7 Å². The summed E-state index contributed by atoms with van der Waals surface area (Å²) in [7, 11) is 0. The number of benzene rings is 1. The van der Waals surface area contributed by atoms with Crippen LogP contribution in [0.3, 0.4) is 0 Å². The molecule has 5 nitrogen and oxygen atoms in total. The van der Waals surface area contributed by atoms with Gasteiger partial charge in [-0.1, -0.05) is 30.0 Å². The molecule has 0 unspecified atom stereocenters. The summed E-state index contributed by atoms with van der Waals surface area (Å²) in [6, 6.07) is 9.76. The molecule has 0 aliphatic heterocycles. The van der Waals surface area contributed by atoms with Gasteiger partial charge in [0.05, 0.1) is 4.88 Å². The number of ketones is 1. The van der Waals surface area contributed by atoms with E-state index in [1.165, 1.54) is 39.9 Å². The molecule has 0 saturated carbocycles. The summed E-state index contributed by atoms with van der Waals surface area (Å²) >= 11 is 2.88. The van der Waals surface area contributed by atoms with E-state index < -0.39 is 0 Å². The molecule has 24 heavy (non-hydrogen) atoms. The summed E-state index contributed by atoms with van der Waals surface area (Å²) in [4.78, 5) is 12.7. The molecular formula is C16H15FN4OS2. The van der Waals surface area contributed by atoms with Gasteiger partial charge in [-0.25, -0.2) is 9.07 Å². The lowest BCUT2D eigenvalue weighted by atomic mass is 10.2. The number of rotatable bonds is 7. The van der Waals surface area contributed by atoms with Crippen molar-refractivity contribution in [3.05, 3.63) is 52.5 Å². The number of aromatic nitrogens is 3. The Bertz CT molecular complexity index is 832. The van der Waals surface area contributed by atoms with Crippen LogP contribution in [0.2, 0.25) is 0 Å². The summed E-state index contributed by atoms with van der Waals surface area (Å²) in [5.41, 5.74) is 0.574. The summed E-state index contributed by atoms with van der Waals surface area (Å²) in [6.45, 7) is 0. The van der Waals surface area contributed by atoms with E-state index in [0.29, 0.717) is 28.7 Å². The average Bonchev–Trinajstić information content (AvgIpc) is 3.22. The fourth-order valence-corrected chi connectivity index (χ4v) is 3.65. The number of hydrogen-bond acceptors (Lipinski definition) is 6. The summed E-state index contributed by atoms with van der Waals surface area (Å²) in [6.07, 6.45) is 1.21. The van der Waals surface area contributed by atoms with E-state index >= 15 is 0 Å². The van der Waals surface area contributed by atoms with Crippen LogP contribution in [0.25, 0.3) is 11.4 Å². The second-order valence-corrected chi connectivity index (χ2v) is 7.05. The van der Waals surface area contributed by atoms with Gasteiger partial charge in [0.1, 0.15) is 5.82 Å². The molecule has 0 saturated heterocycles. The van der Waals surface area contributed by atoms with Crippen LogP contribution >= 0.6 is 23.1 Å². The van der Waals surface area contributed by atoms with E-state index in [1.54, 1.807) is 12.1 Å². The van der Waals surface area contributed by atoms with Crippen LogP contribution in [0.1, 0.15) is 22.5 Å². The molecule has 0 fully saturated rings. The Kier molecular flexibility index (Phi) is 5.27. The quantitative estimate of drug-likeness (QED) is 0.301. The second kappa shape index (κ2) is 7.59. The molecule has 0 radical (unpaired) electrons. The first kappa shape index (κ1) is 16.7. The van der Waals surface area contributed by atoms with Gasteiger partial charge in [-0.3, -0.25) is 4.79 Å². The highest BCUT2D eigenvalue weighted by Crippen LogP contribution is 2.23. The van der Waals surface area contributed by atoms with Crippen molar-refractivity contribution >= 4 is 28.9 Å². The summed E-state index contributed by atoms with van der Waals surface area (Å²) < 4.78 is 14.6. The van der Waals surface area contributed by atoms with Crippen LogP contribution in [-0.4, -0.2) is 26.4 Å². The van der Waals surface area contributed by atoms with Crippen molar-refractivity contribution in [3.8, 4) is 11.4 Å². The van der Waals surface area contributed by atoms with E-state index in [4.69, 9.17) is 5.84 Å². The van der Waals surface area contributed by atoms with E-state index in [9.17, 15) is 9.18 Å². The molecule has 3 aromatic rings. The van der Waals surface area contributed by atoms with E-state index in [-0.39, 0.29) is 11.6 Å². The molecule has 0 aliphatic carbocycles. The minimum atomic E-state index is -0.350. The molecule has 1 aromatic carbocycles. The van der Waals surface area contributed by atoms with Gasteiger partial charge in [-0.15, -0.1) is 21.5 Å². The van der Waals surface area contributed by atoms with Gasteiger partial charge >= 0.3 is 0 Å². The number of nitrogen functional groups attached to an aromatic ring is 1. The van der Waals surface area contributed by atoms with Crippen LogP contribution in [0, 0.1) is 5.82 Å². The zero-order valence-corrected chi connectivity index (χ0v) is 14.3. The Morgan fingerprint density at radius 1 is 1.29 bits per heavy atom. The molecule has 3 rings (SSSR count). The Labute approximate surface area is 146 Å². The first-order valence-corrected chi connectivity index (χ1v) is 9.17. The molecule has 2 aromatic heterocycles. The highest BCUT2D eigenvalue weighted by Gasteiger charge is 2.13. The van der Waals surface area contributed by atoms with Gasteiger partial charge in [-0.05, 0) is 30.0 Å². The molecule has 124 valence electrons. The van der Waals surface area contributed by atoms with Crippen LogP contribution < -0.4 is 5.84 Å². The van der Waals surface area contributed by atoms with Crippen molar-refractivity contribution in [2.45, 2.75) is 18.0 Å². The normalized spacial score (nSPS) is 10.9. The van der Waals surface area contributed by atoms with Gasteiger partial charge < -0.3 is 5.84 Å². The Balaban J connectivity index is 1.56. The van der Waals surface area contributed by atoms with Crippen molar-refractivity contribution in [1.29, 1.82) is 0 Å². The lowest BCUT2D eigenvalue weighted by molar-refractivity contribution is 0.0986. The maximum Gasteiger partial charge on any atom is 0.210 e. The van der Waals surface area contributed by atoms with Gasteiger partial charge in [-0.2, -0.15) is 0 Å². The zero-order chi connectivity index (χ0) is 16.9. The van der Waals surface area contributed by atoms with Crippen LogP contribution in [-0.2, 0) is 0 Å². The van der Waals surface area contributed by atoms with Crippen LogP contribution in [0.15, 0.2) is 46.9 Å². The van der Waals surface area contributed by atoms with Crippen molar-refractivity contribution in [1.82, 2.24) is 14.9 Å². The minimum absolute atomic E-state index is 0.153. The Hall–Kier alpha value is -2.19. The number of thiophene rings is 1. The lowest BCUT2D eigenvalue weighted by Crippen LogP contribution is -2.11. The van der Waals surface area contributed by atoms with Crippen LogP contribution in [0.5, 0.6) is 0 Å². The number of carbonyl (C=O) groups is 1. The van der Waals surface area contributed by atoms with Gasteiger partial charge in [0.15, 0.2) is 11.6 Å². The first-order chi connectivity index (χ1) is 11.6. The van der Waals surface area contributed by atoms with Crippen molar-refractivity contribution in [3.63, 3.8) is 0 Å². The molecule has 0 amide bonds. The molecule has 8 heteroatoms. The molecule has 0 aliphatic rings. The molecule has 0 bridgehead atoms. The number of nitrogens with two attached hydrogens (primary N) is 1. The predicted molar refractivity (Wildman–Crippen MR) is 94.2 cm³/mol. The van der Waals surface area contributed by atoms with Crippen molar-refractivity contribution in [2.24, 2.45) is 0 Å². The average molecular weight is 362 g/mol. The predicted octanol–water partition coefficient (Wildman–Crippen LogP) is 3.61. The number of carbonyl (C=O) groups excluding carboxylic acids is 1. The number of nitrogens with zero attached hydrogens (tertiary/aromatic N) is 3. The zero-order valence-electron chi connectivity index (χ0n) is 12.7. The minimum Gasteiger partial charge on any atom is -0.335 e. The van der Waals surface area contributed by atoms with Gasteiger partial charge in [0.25, 0.3) is 0 Å². The molecule has 0 spiro atoms. The number of halogens is 1. The fraction of sp³-hybridized carbons (Fsp3) is 0.188. The molecular weight excluding hydrogens is 347 g/mol. The molecule has 2 heterocycles. The summed E-state index contributed by atoms with van der Waals surface area (Å²) in [5, 5.41) is 10.5. The Morgan fingerprint density at radius 3 is 2.92 bits per heavy atom. The number of hydrogen-bond donors (Lipinski definition) is 1. The maximum atomic E-state index is 13.3. The highest BCUT2D eigenvalue weighted by molar-refractivity contribution is 7.99. The van der Waals surface area contributed by atoms with Crippen LogP contribution in [0.4, 0.5) is 4.39 Å². The molecule has 2 N–H and O–H groups in total. The SMILES string of the molecule is Nn1c(SCCCC(=O)c2cccs2)nnc1-c1cccc(F)c1. The largest absolute Gasteiger partial charge is 0.335 e. The fourth-order valence-electron chi connectivity index (χ4n) is 2.16. The van der Waals surface area contributed by atoms with Gasteiger partial charge in [0.2, 0.25) is 5.16 Å². The number of Topliss-reactive ketones (excluding diaryl/α,β-unsaturated/α-hetero) is 1. The topological polar surface area (TPSA) is 73.8 Å². The van der Waals surface area contributed by atoms with E-state index in [0.717, 1.165) is 11.3 Å². The summed E-state index contributed by atoms with van der Waals surface area (Å²) in [5.74, 6) is 6.90. The second-order valence-electron chi connectivity index (χ2n) is 5.04. The monoisotopic (exact) mass is 362 g/mol. The first-order valence-electron chi connectivity index (χ1n) is 7.31. The van der Waals surface area contributed by atoms with E-state index in [1.807, 2.05) is 17.5 Å². The standard InChI is InChI=1S/C16H15FN4OS2/c17-12-5-1-4-11(10-12)15-19-20-16(21(15)18)24-9-2-6-13(22)14-7-3-8-23-14/h1,3-5,7-8,10H,2,6,9,18H2. The highest BCUT2D eigenvalue weighted by atomic mass is 32.2. The third-order valence-corrected chi connectivity index (χ3v) is 5.26. The molecule has 0 atom stereocenters. The third-order valence-electron chi connectivity index (χ3n) is 3.32. The lowest BCUT2D eigenvalue weighted by Gasteiger charge is -2.03. The third kappa shape index (κ3) is 3.82. The van der Waals surface area contributed by atoms with E-state index in [2.05, 4.69) is 10.2 Å².